The Balaban J connectivity index is 1.20. The molecule has 0 spiro atoms. The van der Waals surface area contributed by atoms with Crippen molar-refractivity contribution in [2.45, 2.75) is 32.2 Å². The van der Waals surface area contributed by atoms with Crippen molar-refractivity contribution in [1.29, 1.82) is 0 Å². The van der Waals surface area contributed by atoms with Crippen LogP contribution in [0, 0.1) is 17.7 Å². The SMILES string of the molecule is O=C1OCC(CCN2CCC(Cc3cc(F)ccc3Br)CC2)CN1Cc1ccccc1. The van der Waals surface area contributed by atoms with Crippen molar-refractivity contribution >= 4 is 22.0 Å². The molecule has 2 aromatic carbocycles. The van der Waals surface area contributed by atoms with Crippen molar-refractivity contribution in [1.82, 2.24) is 9.80 Å². The third kappa shape index (κ3) is 6.30. The van der Waals surface area contributed by atoms with Crippen LogP contribution in [-0.4, -0.2) is 48.7 Å². The van der Waals surface area contributed by atoms with E-state index in [1.54, 1.807) is 12.1 Å². The first-order chi connectivity index (χ1) is 15.1. The predicted octanol–water partition coefficient (Wildman–Crippen LogP) is 5.50. The third-order valence-corrected chi connectivity index (χ3v) is 7.25. The highest BCUT2D eigenvalue weighted by Crippen LogP contribution is 2.27. The number of nitrogens with zero attached hydrogens (tertiary/aromatic N) is 2. The normalized spacial score (nSPS) is 20.6. The van der Waals surface area contributed by atoms with E-state index in [1.807, 2.05) is 35.2 Å². The van der Waals surface area contributed by atoms with E-state index in [9.17, 15) is 9.18 Å². The summed E-state index contributed by atoms with van der Waals surface area (Å²) in [6.07, 6.45) is 4.05. The molecular formula is C25H30BrFN2O2. The molecule has 31 heavy (non-hydrogen) atoms. The minimum absolute atomic E-state index is 0.162. The Hall–Kier alpha value is -1.92. The van der Waals surface area contributed by atoms with Crippen LogP contribution in [0.4, 0.5) is 9.18 Å². The fraction of sp³-hybridized carbons (Fsp3) is 0.480. The second-order valence-corrected chi connectivity index (χ2v) is 9.68. The van der Waals surface area contributed by atoms with E-state index < -0.39 is 0 Å². The lowest BCUT2D eigenvalue weighted by molar-refractivity contribution is 0.0334. The minimum Gasteiger partial charge on any atom is -0.449 e. The van der Waals surface area contributed by atoms with Crippen molar-refractivity contribution in [2.75, 3.05) is 32.8 Å². The zero-order valence-electron chi connectivity index (χ0n) is 17.8. The molecule has 4 rings (SSSR count). The first-order valence-corrected chi connectivity index (χ1v) is 12.0. The number of halogens is 2. The highest BCUT2D eigenvalue weighted by atomic mass is 79.9. The lowest BCUT2D eigenvalue weighted by Crippen LogP contribution is -2.44. The number of rotatable bonds is 7. The molecule has 0 saturated carbocycles. The first kappa shape index (κ1) is 22.3. The molecule has 2 aliphatic heterocycles. The summed E-state index contributed by atoms with van der Waals surface area (Å²) in [5.41, 5.74) is 2.20. The molecule has 2 aromatic rings. The summed E-state index contributed by atoms with van der Waals surface area (Å²) in [5, 5.41) is 0. The Labute approximate surface area is 192 Å². The van der Waals surface area contributed by atoms with Gasteiger partial charge in [0.15, 0.2) is 0 Å². The second kappa shape index (κ2) is 10.6. The smallest absolute Gasteiger partial charge is 0.410 e. The van der Waals surface area contributed by atoms with Crippen LogP contribution in [-0.2, 0) is 17.7 Å². The summed E-state index contributed by atoms with van der Waals surface area (Å²) < 4.78 is 20.0. The van der Waals surface area contributed by atoms with Crippen LogP contribution in [0.2, 0.25) is 0 Å². The largest absolute Gasteiger partial charge is 0.449 e. The predicted molar refractivity (Wildman–Crippen MR) is 123 cm³/mol. The van der Waals surface area contributed by atoms with Gasteiger partial charge in [0.1, 0.15) is 5.82 Å². The molecule has 0 bridgehead atoms. The monoisotopic (exact) mass is 488 g/mol. The summed E-state index contributed by atoms with van der Waals surface area (Å²) in [6.45, 7) is 5.09. The molecule has 2 saturated heterocycles. The fourth-order valence-corrected chi connectivity index (χ4v) is 5.03. The van der Waals surface area contributed by atoms with Gasteiger partial charge in [-0.15, -0.1) is 0 Å². The maximum atomic E-state index is 13.6. The molecule has 6 heteroatoms. The number of carbonyl (C=O) groups is 1. The molecule has 1 amide bonds. The van der Waals surface area contributed by atoms with Crippen molar-refractivity contribution in [3.63, 3.8) is 0 Å². The van der Waals surface area contributed by atoms with Crippen molar-refractivity contribution in [3.8, 4) is 0 Å². The van der Waals surface area contributed by atoms with E-state index in [0.717, 1.165) is 67.5 Å². The van der Waals surface area contributed by atoms with E-state index in [2.05, 4.69) is 20.8 Å². The standard InChI is InChI=1S/C25H30BrFN2O2/c26-24-7-6-23(27)15-22(24)14-19-8-11-28(12-9-19)13-10-21-17-29(25(30)31-18-21)16-20-4-2-1-3-5-20/h1-7,15,19,21H,8-14,16-18H2. The van der Waals surface area contributed by atoms with Gasteiger partial charge in [0.25, 0.3) is 0 Å². The number of amides is 1. The lowest BCUT2D eigenvalue weighted by atomic mass is 9.90. The molecule has 0 N–H and O–H groups in total. The third-order valence-electron chi connectivity index (χ3n) is 6.47. The molecule has 0 radical (unpaired) electrons. The molecule has 4 nitrogen and oxygen atoms in total. The van der Waals surface area contributed by atoms with E-state index in [-0.39, 0.29) is 11.9 Å². The number of benzene rings is 2. The summed E-state index contributed by atoms with van der Waals surface area (Å²) in [7, 11) is 0. The molecule has 0 aliphatic carbocycles. The van der Waals surface area contributed by atoms with Gasteiger partial charge in [0.05, 0.1) is 6.61 Å². The van der Waals surface area contributed by atoms with Crippen LogP contribution >= 0.6 is 15.9 Å². The number of hydrogen-bond acceptors (Lipinski definition) is 3. The molecule has 2 heterocycles. The minimum atomic E-state index is -0.204. The number of piperidine rings is 1. The van der Waals surface area contributed by atoms with Gasteiger partial charge in [-0.1, -0.05) is 46.3 Å². The number of carbonyl (C=O) groups excluding carboxylic acids is 1. The zero-order valence-corrected chi connectivity index (χ0v) is 19.4. The van der Waals surface area contributed by atoms with Gasteiger partial charge in [0, 0.05) is 23.5 Å². The maximum Gasteiger partial charge on any atom is 0.410 e. The van der Waals surface area contributed by atoms with Crippen LogP contribution in [0.3, 0.4) is 0 Å². The maximum absolute atomic E-state index is 13.6. The van der Waals surface area contributed by atoms with Crippen LogP contribution < -0.4 is 0 Å². The molecule has 166 valence electrons. The van der Waals surface area contributed by atoms with Crippen LogP contribution in [0.5, 0.6) is 0 Å². The number of ether oxygens (including phenoxy) is 1. The summed E-state index contributed by atoms with van der Waals surface area (Å²) in [6, 6.07) is 15.0. The topological polar surface area (TPSA) is 32.8 Å². The quantitative estimate of drug-likeness (QED) is 0.515. The van der Waals surface area contributed by atoms with Gasteiger partial charge >= 0.3 is 6.09 Å². The summed E-state index contributed by atoms with van der Waals surface area (Å²) in [4.78, 5) is 16.5. The Morgan fingerprint density at radius 1 is 1.06 bits per heavy atom. The molecule has 1 atom stereocenters. The summed E-state index contributed by atoms with van der Waals surface area (Å²) in [5.74, 6) is 0.818. The highest BCUT2D eigenvalue weighted by molar-refractivity contribution is 9.10. The zero-order chi connectivity index (χ0) is 21.6. The lowest BCUT2D eigenvalue weighted by Gasteiger charge is -2.35. The van der Waals surface area contributed by atoms with Gasteiger partial charge in [0.2, 0.25) is 0 Å². The first-order valence-electron chi connectivity index (χ1n) is 11.2. The Kier molecular flexibility index (Phi) is 7.62. The van der Waals surface area contributed by atoms with Gasteiger partial charge in [-0.05, 0) is 80.6 Å². The van der Waals surface area contributed by atoms with E-state index in [0.29, 0.717) is 25.0 Å². The van der Waals surface area contributed by atoms with E-state index in [1.165, 1.54) is 6.07 Å². The fourth-order valence-electron chi connectivity index (χ4n) is 4.62. The number of likely N-dealkylation sites (tertiary alicyclic amines) is 1. The molecular weight excluding hydrogens is 459 g/mol. The van der Waals surface area contributed by atoms with E-state index >= 15 is 0 Å². The Morgan fingerprint density at radius 3 is 2.61 bits per heavy atom. The van der Waals surface area contributed by atoms with E-state index in [4.69, 9.17) is 4.74 Å². The number of cyclic esters (lactones) is 1. The molecule has 2 fully saturated rings. The second-order valence-electron chi connectivity index (χ2n) is 8.82. The van der Waals surface area contributed by atoms with Crippen LogP contribution in [0.15, 0.2) is 53.0 Å². The van der Waals surface area contributed by atoms with Gasteiger partial charge in [-0.25, -0.2) is 9.18 Å². The van der Waals surface area contributed by atoms with Crippen molar-refractivity contribution in [2.24, 2.45) is 11.8 Å². The number of hydrogen-bond donors (Lipinski definition) is 0. The van der Waals surface area contributed by atoms with Crippen molar-refractivity contribution in [3.05, 3.63) is 69.9 Å². The van der Waals surface area contributed by atoms with Crippen LogP contribution in [0.1, 0.15) is 30.4 Å². The average Bonchev–Trinajstić information content (AvgIpc) is 2.78. The van der Waals surface area contributed by atoms with Crippen LogP contribution in [0.25, 0.3) is 0 Å². The van der Waals surface area contributed by atoms with Gasteiger partial charge < -0.3 is 14.5 Å². The Morgan fingerprint density at radius 2 is 1.84 bits per heavy atom. The van der Waals surface area contributed by atoms with Gasteiger partial charge in [-0.2, -0.15) is 0 Å². The van der Waals surface area contributed by atoms with Gasteiger partial charge in [-0.3, -0.25) is 0 Å². The molecule has 0 aromatic heterocycles. The highest BCUT2D eigenvalue weighted by Gasteiger charge is 2.28. The molecule has 2 aliphatic rings. The summed E-state index contributed by atoms with van der Waals surface area (Å²) >= 11 is 3.55. The van der Waals surface area contributed by atoms with Crippen molar-refractivity contribution < 1.29 is 13.9 Å². The molecule has 1 unspecified atom stereocenters. The Bertz CT molecular complexity index is 871. The average molecular weight is 489 g/mol.